The molecule has 16 heavy (non-hydrogen) atoms. The van der Waals surface area contributed by atoms with Crippen LogP contribution in [0.3, 0.4) is 0 Å². The first-order valence-electron chi connectivity index (χ1n) is 4.73. The van der Waals surface area contributed by atoms with Crippen molar-refractivity contribution in [1.29, 1.82) is 5.26 Å². The highest BCUT2D eigenvalue weighted by Gasteiger charge is 2.20. The Labute approximate surface area is 99.6 Å². The van der Waals surface area contributed by atoms with Crippen LogP contribution in [0.2, 0.25) is 0 Å². The maximum atomic E-state index is 11.0. The third-order valence-electron chi connectivity index (χ3n) is 2.35. The topological polar surface area (TPSA) is 62.1 Å². The zero-order valence-corrected chi connectivity index (χ0v) is 9.29. The van der Waals surface area contributed by atoms with Gasteiger partial charge in [-0.2, -0.15) is 5.26 Å². The Balaban J connectivity index is 0.00000128. The average Bonchev–Trinajstić information content (AvgIpc) is 2.29. The van der Waals surface area contributed by atoms with Crippen molar-refractivity contribution in [3.05, 3.63) is 35.4 Å². The third-order valence-corrected chi connectivity index (χ3v) is 2.35. The van der Waals surface area contributed by atoms with Gasteiger partial charge in [-0.1, -0.05) is 12.1 Å². The molecule has 1 atom stereocenters. The minimum Gasteiger partial charge on any atom is -0.449 e. The van der Waals surface area contributed by atoms with Crippen LogP contribution in [-0.4, -0.2) is 12.7 Å². The van der Waals surface area contributed by atoms with Crippen molar-refractivity contribution >= 4 is 18.5 Å². The molecule has 0 aliphatic carbocycles. The van der Waals surface area contributed by atoms with Gasteiger partial charge in [-0.15, -0.1) is 12.4 Å². The molecule has 4 nitrogen and oxygen atoms in total. The summed E-state index contributed by atoms with van der Waals surface area (Å²) >= 11 is 0. The summed E-state index contributed by atoms with van der Waals surface area (Å²) in [7, 11) is 0. The van der Waals surface area contributed by atoms with Crippen LogP contribution >= 0.6 is 12.4 Å². The van der Waals surface area contributed by atoms with E-state index in [1.165, 1.54) is 0 Å². The van der Waals surface area contributed by atoms with Crippen LogP contribution in [0, 0.1) is 11.3 Å². The average molecular weight is 239 g/mol. The number of nitrogens with zero attached hydrogens (tertiary/aromatic N) is 1. The number of ether oxygens (including phenoxy) is 1. The van der Waals surface area contributed by atoms with Crippen LogP contribution < -0.4 is 5.32 Å². The first-order chi connectivity index (χ1) is 7.29. The smallest absolute Gasteiger partial charge is 0.407 e. The second-order valence-corrected chi connectivity index (χ2v) is 3.36. The number of benzene rings is 1. The lowest BCUT2D eigenvalue weighted by molar-refractivity contribution is 0.115. The van der Waals surface area contributed by atoms with E-state index in [0.717, 1.165) is 12.0 Å². The summed E-state index contributed by atoms with van der Waals surface area (Å²) < 4.78 is 4.77. The number of halogens is 1. The second-order valence-electron chi connectivity index (χ2n) is 3.36. The van der Waals surface area contributed by atoms with Crippen LogP contribution in [0.1, 0.15) is 23.6 Å². The van der Waals surface area contributed by atoms with E-state index >= 15 is 0 Å². The zero-order valence-electron chi connectivity index (χ0n) is 8.47. The molecule has 1 saturated heterocycles. The van der Waals surface area contributed by atoms with Crippen LogP contribution in [0.4, 0.5) is 4.79 Å². The molecule has 0 spiro atoms. The minimum atomic E-state index is -0.395. The van der Waals surface area contributed by atoms with E-state index in [4.69, 9.17) is 10.00 Å². The van der Waals surface area contributed by atoms with E-state index in [1.807, 2.05) is 12.1 Å². The van der Waals surface area contributed by atoms with E-state index in [-0.39, 0.29) is 18.4 Å². The van der Waals surface area contributed by atoms with Gasteiger partial charge < -0.3 is 10.1 Å². The van der Waals surface area contributed by atoms with Crippen molar-refractivity contribution in [2.24, 2.45) is 0 Å². The van der Waals surface area contributed by atoms with Crippen LogP contribution in [-0.2, 0) is 4.74 Å². The number of hydrogen-bond acceptors (Lipinski definition) is 3. The third kappa shape index (κ3) is 2.65. The van der Waals surface area contributed by atoms with E-state index in [2.05, 4.69) is 11.4 Å². The lowest BCUT2D eigenvalue weighted by atomic mass is 10.0. The van der Waals surface area contributed by atoms with E-state index in [9.17, 15) is 4.79 Å². The first-order valence-corrected chi connectivity index (χ1v) is 4.73. The number of carbonyl (C=O) groups is 1. The lowest BCUT2D eigenvalue weighted by Gasteiger charge is -2.23. The number of rotatable bonds is 1. The van der Waals surface area contributed by atoms with Gasteiger partial charge in [0.25, 0.3) is 0 Å². The predicted octanol–water partition coefficient (Wildman–Crippen LogP) is 2.15. The van der Waals surface area contributed by atoms with E-state index in [1.54, 1.807) is 12.1 Å². The Morgan fingerprint density at radius 1 is 1.50 bits per heavy atom. The maximum absolute atomic E-state index is 11.0. The van der Waals surface area contributed by atoms with E-state index < -0.39 is 6.09 Å². The molecule has 0 aromatic heterocycles. The summed E-state index contributed by atoms with van der Waals surface area (Å²) in [6, 6.07) is 9.28. The molecule has 1 N–H and O–H groups in total. The molecule has 1 fully saturated rings. The largest absolute Gasteiger partial charge is 0.449 e. The van der Waals surface area contributed by atoms with Gasteiger partial charge in [-0.05, 0) is 17.7 Å². The van der Waals surface area contributed by atoms with Crippen molar-refractivity contribution in [3.63, 3.8) is 0 Å². The SMILES string of the molecule is Cl.N#Cc1cccc([C@H]2CCOC(=O)N2)c1. The molecule has 1 aromatic rings. The molecule has 1 aliphatic rings. The number of hydrogen-bond donors (Lipinski definition) is 1. The molecule has 1 amide bonds. The fourth-order valence-corrected chi connectivity index (χ4v) is 1.60. The van der Waals surface area contributed by atoms with Crippen LogP contribution in [0.5, 0.6) is 0 Å². The maximum Gasteiger partial charge on any atom is 0.407 e. The zero-order chi connectivity index (χ0) is 10.7. The van der Waals surface area contributed by atoms with Crippen molar-refractivity contribution in [2.75, 3.05) is 6.61 Å². The number of carbonyl (C=O) groups excluding carboxylic acids is 1. The summed E-state index contributed by atoms with van der Waals surface area (Å²) in [5.74, 6) is 0. The molecule has 0 bridgehead atoms. The molecule has 2 rings (SSSR count). The first kappa shape index (κ1) is 12.3. The minimum absolute atomic E-state index is 0. The van der Waals surface area contributed by atoms with Gasteiger partial charge >= 0.3 is 6.09 Å². The molecule has 84 valence electrons. The normalized spacial score (nSPS) is 18.7. The number of nitriles is 1. The summed E-state index contributed by atoms with van der Waals surface area (Å²) in [5.41, 5.74) is 1.55. The fourth-order valence-electron chi connectivity index (χ4n) is 1.60. The van der Waals surface area contributed by atoms with Gasteiger partial charge in [0.1, 0.15) is 0 Å². The standard InChI is InChI=1S/C11H10N2O2.ClH/c12-7-8-2-1-3-9(6-8)10-4-5-15-11(14)13-10;/h1-3,6,10H,4-5H2,(H,13,14);1H/t10-;/m1./s1. The highest BCUT2D eigenvalue weighted by Crippen LogP contribution is 2.20. The van der Waals surface area contributed by atoms with Gasteiger partial charge in [0.15, 0.2) is 0 Å². The molecule has 1 heterocycles. The number of nitrogens with one attached hydrogen (secondary N) is 1. The predicted molar refractivity (Wildman–Crippen MR) is 60.2 cm³/mol. The van der Waals surface area contributed by atoms with Crippen LogP contribution in [0.15, 0.2) is 24.3 Å². The van der Waals surface area contributed by atoms with Gasteiger partial charge in [-0.3, -0.25) is 0 Å². The van der Waals surface area contributed by atoms with Gasteiger partial charge in [0.05, 0.1) is 24.3 Å². The summed E-state index contributed by atoms with van der Waals surface area (Å²) in [5, 5.41) is 11.5. The van der Waals surface area contributed by atoms with Gasteiger partial charge in [0.2, 0.25) is 0 Å². The van der Waals surface area contributed by atoms with Gasteiger partial charge in [-0.25, -0.2) is 4.79 Å². The summed E-state index contributed by atoms with van der Waals surface area (Å²) in [4.78, 5) is 11.0. The van der Waals surface area contributed by atoms with Crippen LogP contribution in [0.25, 0.3) is 0 Å². The van der Waals surface area contributed by atoms with Crippen molar-refractivity contribution in [2.45, 2.75) is 12.5 Å². The number of cyclic esters (lactones) is 1. The molecule has 0 radical (unpaired) electrons. The monoisotopic (exact) mass is 238 g/mol. The number of alkyl carbamates (subject to hydrolysis) is 1. The van der Waals surface area contributed by atoms with Gasteiger partial charge in [0, 0.05) is 6.42 Å². The fraction of sp³-hybridized carbons (Fsp3) is 0.273. The summed E-state index contributed by atoms with van der Waals surface area (Å²) in [6.07, 6.45) is 0.342. The molecular formula is C11H11ClN2O2. The highest BCUT2D eigenvalue weighted by molar-refractivity contribution is 5.85. The Hall–Kier alpha value is -1.73. The molecule has 0 unspecified atom stereocenters. The Bertz CT molecular complexity index is 428. The quantitative estimate of drug-likeness (QED) is 0.816. The Kier molecular flexibility index (Phi) is 4.15. The Morgan fingerprint density at radius 2 is 2.31 bits per heavy atom. The molecule has 1 aliphatic heterocycles. The summed E-state index contributed by atoms with van der Waals surface area (Å²) in [6.45, 7) is 0.424. The molecule has 1 aromatic carbocycles. The lowest BCUT2D eigenvalue weighted by Crippen LogP contribution is -2.35. The number of amides is 1. The van der Waals surface area contributed by atoms with Crippen molar-refractivity contribution in [1.82, 2.24) is 5.32 Å². The molecule has 0 saturated carbocycles. The molecule has 5 heteroatoms. The second kappa shape index (κ2) is 5.38. The van der Waals surface area contributed by atoms with Crippen molar-refractivity contribution in [3.8, 4) is 6.07 Å². The van der Waals surface area contributed by atoms with Crippen molar-refractivity contribution < 1.29 is 9.53 Å². The highest BCUT2D eigenvalue weighted by atomic mass is 35.5. The Morgan fingerprint density at radius 3 is 3.00 bits per heavy atom. The van der Waals surface area contributed by atoms with E-state index in [0.29, 0.717) is 12.2 Å². The molecular weight excluding hydrogens is 228 g/mol.